The molecule has 2 heterocycles. The van der Waals surface area contributed by atoms with E-state index in [0.717, 1.165) is 17.8 Å². The van der Waals surface area contributed by atoms with E-state index in [4.69, 9.17) is 11.6 Å². The van der Waals surface area contributed by atoms with E-state index in [0.29, 0.717) is 16.2 Å². The number of fused-ring (bicyclic) bond motifs is 1. The van der Waals surface area contributed by atoms with Crippen LogP contribution in [0.2, 0.25) is 5.02 Å². The average molecular weight is 330 g/mol. The minimum atomic E-state index is -0.542. The zero-order chi connectivity index (χ0) is 14.3. The molecule has 1 aliphatic rings. The summed E-state index contributed by atoms with van der Waals surface area (Å²) in [6, 6.07) is 2.61. The molecule has 20 heavy (non-hydrogen) atoms. The molecule has 0 atom stereocenters. The number of halogens is 2. The monoisotopic (exact) mass is 329 g/mol. The van der Waals surface area contributed by atoms with Crippen LogP contribution < -0.4 is 9.67 Å². The normalized spacial score (nSPS) is 14.7. The van der Waals surface area contributed by atoms with Crippen LogP contribution in [0, 0.1) is 5.82 Å². The lowest BCUT2D eigenvalue weighted by Gasteiger charge is -2.10. The van der Waals surface area contributed by atoms with Crippen LogP contribution in [0.15, 0.2) is 32.9 Å². The summed E-state index contributed by atoms with van der Waals surface area (Å²) in [6.07, 6.45) is 4.42. The molecule has 0 unspecified atom stereocenters. The zero-order valence-electron chi connectivity index (χ0n) is 10.1. The topological polar surface area (TPSA) is 39.3 Å². The number of thiol groups is 1. The first-order chi connectivity index (χ1) is 9.56. The number of hydrogen-bond donors (Lipinski definition) is 1. The van der Waals surface area contributed by atoms with Crippen molar-refractivity contribution in [2.45, 2.75) is 17.9 Å². The van der Waals surface area contributed by atoms with Crippen LogP contribution >= 0.6 is 35.6 Å². The van der Waals surface area contributed by atoms with E-state index in [-0.39, 0.29) is 15.6 Å². The summed E-state index contributed by atoms with van der Waals surface area (Å²) in [5.74, 6) is -0.542. The highest BCUT2D eigenvalue weighted by atomic mass is 35.5. The molecule has 0 spiro atoms. The third-order valence-electron chi connectivity index (χ3n) is 2.83. The van der Waals surface area contributed by atoms with E-state index in [1.807, 2.05) is 6.08 Å². The molecule has 8 heteroatoms. The maximum absolute atomic E-state index is 13.8. The van der Waals surface area contributed by atoms with E-state index in [2.05, 4.69) is 17.6 Å². The number of aromatic nitrogens is 2. The van der Waals surface area contributed by atoms with Crippen molar-refractivity contribution in [2.24, 2.45) is 4.99 Å². The SMILES string of the molecule is O=c1sc(=Nc2cc(S)c(Cl)cc2F)n2n1C=CCC2. The summed E-state index contributed by atoms with van der Waals surface area (Å²) in [5, 5.41) is 0.229. The van der Waals surface area contributed by atoms with Crippen LogP contribution in [-0.2, 0) is 6.54 Å². The molecule has 0 radical (unpaired) electrons. The number of nitrogens with zero attached hydrogens (tertiary/aromatic N) is 3. The van der Waals surface area contributed by atoms with Crippen molar-refractivity contribution in [1.82, 2.24) is 9.36 Å². The van der Waals surface area contributed by atoms with Gasteiger partial charge in [-0.1, -0.05) is 17.7 Å². The van der Waals surface area contributed by atoms with Crippen LogP contribution in [0.1, 0.15) is 6.42 Å². The predicted molar refractivity (Wildman–Crippen MR) is 80.4 cm³/mol. The van der Waals surface area contributed by atoms with Gasteiger partial charge in [0.15, 0.2) is 0 Å². The van der Waals surface area contributed by atoms with Crippen LogP contribution in [0.3, 0.4) is 0 Å². The molecular formula is C12H9ClFN3OS2. The van der Waals surface area contributed by atoms with Gasteiger partial charge in [0, 0.05) is 17.6 Å². The maximum Gasteiger partial charge on any atom is 0.329 e. The molecule has 0 fully saturated rings. The number of hydrogen-bond acceptors (Lipinski definition) is 4. The Morgan fingerprint density at radius 2 is 2.25 bits per heavy atom. The van der Waals surface area contributed by atoms with Crippen LogP contribution in [-0.4, -0.2) is 9.36 Å². The highest BCUT2D eigenvalue weighted by molar-refractivity contribution is 7.80. The molecule has 0 aliphatic carbocycles. The van der Waals surface area contributed by atoms with E-state index in [1.54, 1.807) is 10.9 Å². The number of benzene rings is 1. The van der Waals surface area contributed by atoms with Gasteiger partial charge in [-0.05, 0) is 29.9 Å². The third-order valence-corrected chi connectivity index (χ3v) is 4.49. The van der Waals surface area contributed by atoms with Crippen molar-refractivity contribution in [3.8, 4) is 0 Å². The van der Waals surface area contributed by atoms with Gasteiger partial charge in [-0.3, -0.25) is 9.48 Å². The van der Waals surface area contributed by atoms with Gasteiger partial charge < -0.3 is 0 Å². The summed E-state index contributed by atoms with van der Waals surface area (Å²) < 4.78 is 17.0. The van der Waals surface area contributed by atoms with Gasteiger partial charge >= 0.3 is 4.87 Å². The van der Waals surface area contributed by atoms with Crippen LogP contribution in [0.5, 0.6) is 0 Å². The Bertz CT molecular complexity index is 834. The Kier molecular flexibility index (Phi) is 3.57. The molecule has 1 aromatic heterocycles. The molecule has 0 amide bonds. The summed E-state index contributed by atoms with van der Waals surface area (Å²) in [4.78, 5) is 16.8. The van der Waals surface area contributed by atoms with E-state index in [1.165, 1.54) is 16.8 Å². The Morgan fingerprint density at radius 1 is 1.45 bits per heavy atom. The molecule has 0 saturated carbocycles. The van der Waals surface area contributed by atoms with Gasteiger partial charge in [0.25, 0.3) is 0 Å². The molecule has 0 N–H and O–H groups in total. The van der Waals surface area contributed by atoms with E-state index in [9.17, 15) is 9.18 Å². The Balaban J connectivity index is 2.22. The minimum Gasteiger partial charge on any atom is -0.255 e. The van der Waals surface area contributed by atoms with Crippen molar-refractivity contribution in [2.75, 3.05) is 0 Å². The molecule has 1 aromatic carbocycles. The van der Waals surface area contributed by atoms with Crippen molar-refractivity contribution in [1.29, 1.82) is 0 Å². The minimum absolute atomic E-state index is 0.117. The third kappa shape index (κ3) is 2.36. The second kappa shape index (κ2) is 5.23. The molecule has 104 valence electrons. The second-order valence-electron chi connectivity index (χ2n) is 4.16. The first kappa shape index (κ1) is 13.7. The van der Waals surface area contributed by atoms with Gasteiger partial charge in [-0.2, -0.15) is 0 Å². The standard InChI is InChI=1S/C12H9ClFN3OS2/c13-7-5-8(14)9(6-10(7)19)15-11-16-3-1-2-4-17(16)12(18)20-11/h2,4-6,19H,1,3H2. The Hall–Kier alpha value is -1.31. The molecule has 0 saturated heterocycles. The maximum atomic E-state index is 13.8. The van der Waals surface area contributed by atoms with Crippen molar-refractivity contribution in [3.05, 3.63) is 43.5 Å². The first-order valence-electron chi connectivity index (χ1n) is 5.78. The molecule has 2 aromatic rings. The lowest BCUT2D eigenvalue weighted by atomic mass is 10.3. The Labute approximate surface area is 127 Å². The predicted octanol–water partition coefficient (Wildman–Crippen LogP) is 2.90. The van der Waals surface area contributed by atoms with Crippen LogP contribution in [0.4, 0.5) is 10.1 Å². The number of allylic oxidation sites excluding steroid dienone is 1. The second-order valence-corrected chi connectivity index (χ2v) is 5.97. The lowest BCUT2D eigenvalue weighted by molar-refractivity contribution is 0.527. The lowest BCUT2D eigenvalue weighted by Crippen LogP contribution is -2.26. The van der Waals surface area contributed by atoms with Gasteiger partial charge in [0.2, 0.25) is 4.80 Å². The zero-order valence-corrected chi connectivity index (χ0v) is 12.6. The summed E-state index contributed by atoms with van der Waals surface area (Å²) in [7, 11) is 0. The largest absolute Gasteiger partial charge is 0.329 e. The van der Waals surface area contributed by atoms with Crippen molar-refractivity contribution < 1.29 is 4.39 Å². The van der Waals surface area contributed by atoms with Gasteiger partial charge in [0.1, 0.15) is 11.5 Å². The van der Waals surface area contributed by atoms with Gasteiger partial charge in [-0.25, -0.2) is 14.1 Å². The van der Waals surface area contributed by atoms with Crippen molar-refractivity contribution >= 4 is 47.5 Å². The molecule has 4 nitrogen and oxygen atoms in total. The molecular weight excluding hydrogens is 321 g/mol. The average Bonchev–Trinajstić information content (AvgIpc) is 2.74. The fourth-order valence-corrected chi connectivity index (χ4v) is 3.05. The van der Waals surface area contributed by atoms with Crippen LogP contribution in [0.25, 0.3) is 6.20 Å². The highest BCUT2D eigenvalue weighted by Crippen LogP contribution is 2.28. The summed E-state index contributed by atoms with van der Waals surface area (Å²) in [5.41, 5.74) is 0.117. The summed E-state index contributed by atoms with van der Waals surface area (Å²) >= 11 is 10.9. The summed E-state index contributed by atoms with van der Waals surface area (Å²) in [6.45, 7) is 0.636. The number of rotatable bonds is 1. The highest BCUT2D eigenvalue weighted by Gasteiger charge is 2.11. The van der Waals surface area contributed by atoms with E-state index < -0.39 is 5.82 Å². The van der Waals surface area contributed by atoms with Gasteiger partial charge in [-0.15, -0.1) is 12.6 Å². The van der Waals surface area contributed by atoms with Crippen molar-refractivity contribution in [3.63, 3.8) is 0 Å². The molecule has 0 bridgehead atoms. The van der Waals surface area contributed by atoms with Gasteiger partial charge in [0.05, 0.1) is 5.02 Å². The fraction of sp³-hybridized carbons (Fsp3) is 0.167. The first-order valence-corrected chi connectivity index (χ1v) is 7.42. The quantitative estimate of drug-likeness (QED) is 0.803. The molecule has 1 aliphatic heterocycles. The molecule has 3 rings (SSSR count). The smallest absolute Gasteiger partial charge is 0.255 e. The Morgan fingerprint density at radius 3 is 3.05 bits per heavy atom. The van der Waals surface area contributed by atoms with E-state index >= 15 is 0 Å². The fourth-order valence-electron chi connectivity index (χ4n) is 1.88.